The molecule has 8 rings (SSSR count). The van der Waals surface area contributed by atoms with Gasteiger partial charge in [0, 0.05) is 14.7 Å². The minimum Gasteiger partial charge on any atom is -0.300 e. The lowest BCUT2D eigenvalue weighted by Gasteiger charge is -2.31. The summed E-state index contributed by atoms with van der Waals surface area (Å²) >= 11 is 5.06. The van der Waals surface area contributed by atoms with Crippen LogP contribution in [0.5, 0.6) is 0 Å². The van der Waals surface area contributed by atoms with Gasteiger partial charge in [-0.05, 0) is 88.3 Å². The van der Waals surface area contributed by atoms with Gasteiger partial charge in [-0.2, -0.15) is 5.26 Å². The second-order valence-electron chi connectivity index (χ2n) is 9.60. The highest BCUT2D eigenvalue weighted by Gasteiger charge is 2.25. The van der Waals surface area contributed by atoms with Crippen LogP contribution >= 0.6 is 34.4 Å². The summed E-state index contributed by atoms with van der Waals surface area (Å²) in [5.41, 5.74) is 3.86. The van der Waals surface area contributed by atoms with Crippen LogP contribution in [-0.4, -0.2) is 4.98 Å². The Hall–Kier alpha value is -4.41. The Labute approximate surface area is 243 Å². The molecule has 0 amide bonds. The summed E-state index contributed by atoms with van der Waals surface area (Å²) in [5.74, 6) is 0. The Morgan fingerprint density at radius 1 is 0.700 bits per heavy atom. The van der Waals surface area contributed by atoms with Gasteiger partial charge in [0.15, 0.2) is 0 Å². The number of hydrogen-bond donors (Lipinski definition) is 0. The van der Waals surface area contributed by atoms with E-state index in [4.69, 9.17) is 4.98 Å². The van der Waals surface area contributed by atoms with Crippen molar-refractivity contribution < 1.29 is 0 Å². The predicted molar refractivity (Wildman–Crippen MR) is 171 cm³/mol. The van der Waals surface area contributed by atoms with E-state index in [9.17, 15) is 5.26 Å². The van der Waals surface area contributed by atoms with Crippen LogP contribution in [0, 0.1) is 11.3 Å². The Bertz CT molecular complexity index is 2060. The fraction of sp³-hybridized carbons (Fsp3) is 0. The normalized spacial score (nSPS) is 13.0. The molecule has 2 aromatic heterocycles. The molecular formula is C34H19N3S3. The smallest absolute Gasteiger partial charge is 0.135 e. The Balaban J connectivity index is 1.18. The molecule has 7 aromatic rings. The van der Waals surface area contributed by atoms with Gasteiger partial charge in [-0.15, -0.1) is 22.7 Å². The standard InChI is InChI=1S/C34H19N3S3/c35-20-25(34-36-27-18-23-15-21-7-1-2-8-22(21)16-24(23)19-32(27)40-34)17-26-13-14-33(38-26)37-28-9-3-5-11-30(28)39-31-12-6-4-10-29(31)37/h1-19H/b25-17+. The number of allylic oxidation sites excluding steroid dienone is 1. The number of thiophene rings is 1. The molecule has 188 valence electrons. The molecule has 3 heterocycles. The first-order valence-electron chi connectivity index (χ1n) is 12.8. The summed E-state index contributed by atoms with van der Waals surface area (Å²) in [6.45, 7) is 0. The van der Waals surface area contributed by atoms with Gasteiger partial charge in [0.25, 0.3) is 0 Å². The summed E-state index contributed by atoms with van der Waals surface area (Å²) in [5, 5.41) is 16.8. The maximum atomic E-state index is 10.1. The number of anilines is 3. The summed E-state index contributed by atoms with van der Waals surface area (Å²) in [6, 6.07) is 40.9. The highest BCUT2D eigenvalue weighted by atomic mass is 32.2. The van der Waals surface area contributed by atoms with E-state index < -0.39 is 0 Å². The second kappa shape index (κ2) is 9.35. The lowest BCUT2D eigenvalue weighted by molar-refractivity contribution is 1.18. The molecule has 6 heteroatoms. The molecule has 5 aromatic carbocycles. The van der Waals surface area contributed by atoms with Crippen molar-refractivity contribution in [1.29, 1.82) is 5.26 Å². The van der Waals surface area contributed by atoms with Crippen molar-refractivity contribution in [3.63, 3.8) is 0 Å². The van der Waals surface area contributed by atoms with Crippen molar-refractivity contribution in [2.75, 3.05) is 4.90 Å². The topological polar surface area (TPSA) is 39.9 Å². The number of rotatable bonds is 3. The number of hydrogen-bond acceptors (Lipinski definition) is 6. The number of para-hydroxylation sites is 2. The van der Waals surface area contributed by atoms with Crippen LogP contribution in [0.1, 0.15) is 9.88 Å². The van der Waals surface area contributed by atoms with Gasteiger partial charge < -0.3 is 0 Å². The van der Waals surface area contributed by atoms with Gasteiger partial charge in [0.2, 0.25) is 0 Å². The van der Waals surface area contributed by atoms with E-state index in [2.05, 4.69) is 120 Å². The van der Waals surface area contributed by atoms with E-state index in [0.717, 1.165) is 30.5 Å². The average molecular weight is 566 g/mol. The average Bonchev–Trinajstić information content (AvgIpc) is 3.62. The number of fused-ring (bicyclic) bond motifs is 5. The fourth-order valence-corrected chi connectivity index (χ4v) is 8.24. The van der Waals surface area contributed by atoms with Crippen molar-refractivity contribution in [2.45, 2.75) is 9.79 Å². The first-order chi connectivity index (χ1) is 19.7. The van der Waals surface area contributed by atoms with E-state index in [1.165, 1.54) is 37.3 Å². The van der Waals surface area contributed by atoms with Crippen molar-refractivity contribution in [3.8, 4) is 6.07 Å². The van der Waals surface area contributed by atoms with Crippen LogP contribution in [0.3, 0.4) is 0 Å². The molecule has 1 aliphatic rings. The van der Waals surface area contributed by atoms with E-state index in [1.807, 2.05) is 6.08 Å². The highest BCUT2D eigenvalue weighted by molar-refractivity contribution is 7.99. The first kappa shape index (κ1) is 23.5. The van der Waals surface area contributed by atoms with Crippen LogP contribution in [0.15, 0.2) is 119 Å². The number of aromatic nitrogens is 1. The van der Waals surface area contributed by atoms with E-state index in [-0.39, 0.29) is 0 Å². The molecule has 0 unspecified atom stereocenters. The molecule has 0 saturated carbocycles. The molecule has 0 N–H and O–H groups in total. The van der Waals surface area contributed by atoms with Crippen LogP contribution in [0.4, 0.5) is 16.4 Å². The van der Waals surface area contributed by atoms with Gasteiger partial charge in [-0.3, -0.25) is 4.90 Å². The van der Waals surface area contributed by atoms with Gasteiger partial charge in [-0.25, -0.2) is 4.98 Å². The largest absolute Gasteiger partial charge is 0.300 e. The molecule has 0 spiro atoms. The summed E-state index contributed by atoms with van der Waals surface area (Å²) in [4.78, 5) is 10.7. The predicted octanol–water partition coefficient (Wildman–Crippen LogP) is 10.7. The number of benzene rings is 5. The molecular weight excluding hydrogens is 547 g/mol. The molecule has 0 aliphatic carbocycles. The summed E-state index contributed by atoms with van der Waals surface area (Å²) < 4.78 is 1.09. The molecule has 0 radical (unpaired) electrons. The molecule has 0 saturated heterocycles. The van der Waals surface area contributed by atoms with E-state index in [1.54, 1.807) is 34.4 Å². The van der Waals surface area contributed by atoms with Crippen LogP contribution in [0.2, 0.25) is 0 Å². The lowest BCUT2D eigenvalue weighted by atomic mass is 10.0. The van der Waals surface area contributed by atoms with Crippen molar-refractivity contribution in [1.82, 2.24) is 4.98 Å². The van der Waals surface area contributed by atoms with E-state index in [0.29, 0.717) is 5.57 Å². The van der Waals surface area contributed by atoms with Crippen molar-refractivity contribution in [3.05, 3.63) is 119 Å². The number of nitriles is 1. The molecule has 40 heavy (non-hydrogen) atoms. The van der Waals surface area contributed by atoms with Crippen molar-refractivity contribution >= 4 is 94.2 Å². The SMILES string of the molecule is N#C/C(=C\c1ccc(N2c3ccccc3Sc3ccccc32)s1)c1nc2cc3cc4ccccc4cc3cc2s1. The van der Waals surface area contributed by atoms with E-state index >= 15 is 0 Å². The first-order valence-corrected chi connectivity index (χ1v) is 15.3. The van der Waals surface area contributed by atoms with Gasteiger partial charge >= 0.3 is 0 Å². The Morgan fingerprint density at radius 2 is 1.35 bits per heavy atom. The van der Waals surface area contributed by atoms with Crippen LogP contribution in [-0.2, 0) is 0 Å². The van der Waals surface area contributed by atoms with Crippen molar-refractivity contribution in [2.24, 2.45) is 0 Å². The highest BCUT2D eigenvalue weighted by Crippen LogP contribution is 2.52. The molecule has 1 aliphatic heterocycles. The lowest BCUT2D eigenvalue weighted by Crippen LogP contribution is -2.13. The maximum Gasteiger partial charge on any atom is 0.135 e. The number of thiazole rings is 1. The summed E-state index contributed by atoms with van der Waals surface area (Å²) in [6.07, 6.45) is 1.97. The third-order valence-corrected chi connectivity index (χ3v) is 10.3. The Kier molecular flexibility index (Phi) is 5.49. The monoisotopic (exact) mass is 565 g/mol. The Morgan fingerprint density at radius 3 is 2.05 bits per heavy atom. The minimum absolute atomic E-state index is 0.582. The molecule has 0 atom stereocenters. The third kappa shape index (κ3) is 3.90. The zero-order chi connectivity index (χ0) is 26.6. The zero-order valence-corrected chi connectivity index (χ0v) is 23.5. The van der Waals surface area contributed by atoms with Crippen LogP contribution in [0.25, 0.3) is 43.4 Å². The van der Waals surface area contributed by atoms with Gasteiger partial charge in [0.05, 0.1) is 27.2 Å². The molecule has 0 fully saturated rings. The van der Waals surface area contributed by atoms with Gasteiger partial charge in [-0.1, -0.05) is 60.3 Å². The molecule has 3 nitrogen and oxygen atoms in total. The summed E-state index contributed by atoms with van der Waals surface area (Å²) in [7, 11) is 0. The quantitative estimate of drug-likeness (QED) is 0.158. The van der Waals surface area contributed by atoms with Crippen LogP contribution < -0.4 is 4.90 Å². The number of nitrogens with zero attached hydrogens (tertiary/aromatic N) is 3. The maximum absolute atomic E-state index is 10.1. The molecule has 0 bridgehead atoms. The second-order valence-corrected chi connectivity index (χ2v) is 12.8. The zero-order valence-electron chi connectivity index (χ0n) is 21.0. The van der Waals surface area contributed by atoms with Gasteiger partial charge in [0.1, 0.15) is 16.1 Å². The fourth-order valence-electron chi connectivity index (χ4n) is 5.25. The minimum atomic E-state index is 0.582. The third-order valence-electron chi connectivity index (χ3n) is 7.11.